The normalized spacial score (nSPS) is 13.3. The molecule has 1 amide bonds. The van der Waals surface area contributed by atoms with Gasteiger partial charge in [-0.25, -0.2) is 4.79 Å². The summed E-state index contributed by atoms with van der Waals surface area (Å²) in [5, 5.41) is 19.7. The standard InChI is InChI=1S/C9H18N2O4/c1-9(2,10)5-7(13)11-4-3-6(12)8(14)15/h6,12H,3-5,10H2,1-2H3,(H,11,13)(H,14,15). The Hall–Kier alpha value is -1.14. The van der Waals surface area contributed by atoms with Gasteiger partial charge in [0.1, 0.15) is 0 Å². The first kappa shape index (κ1) is 13.9. The van der Waals surface area contributed by atoms with Gasteiger partial charge in [-0.3, -0.25) is 4.79 Å². The van der Waals surface area contributed by atoms with Crippen LogP contribution in [0.4, 0.5) is 0 Å². The predicted octanol–water partition coefficient (Wildman–Crippen LogP) is -0.934. The average molecular weight is 218 g/mol. The molecule has 0 bridgehead atoms. The average Bonchev–Trinajstić information content (AvgIpc) is 2.00. The molecular formula is C9H18N2O4. The van der Waals surface area contributed by atoms with Crippen LogP contribution in [-0.2, 0) is 9.59 Å². The molecule has 0 aromatic heterocycles. The van der Waals surface area contributed by atoms with E-state index in [1.165, 1.54) is 0 Å². The van der Waals surface area contributed by atoms with Crippen LogP contribution in [0.1, 0.15) is 26.7 Å². The Morgan fingerprint density at radius 3 is 2.40 bits per heavy atom. The summed E-state index contributed by atoms with van der Waals surface area (Å²) in [6.45, 7) is 3.57. The van der Waals surface area contributed by atoms with Crippen molar-refractivity contribution in [2.75, 3.05) is 6.54 Å². The number of carboxylic acid groups (broad SMARTS) is 1. The van der Waals surface area contributed by atoms with Crippen molar-refractivity contribution in [3.63, 3.8) is 0 Å². The van der Waals surface area contributed by atoms with Crippen molar-refractivity contribution in [1.82, 2.24) is 5.32 Å². The van der Waals surface area contributed by atoms with Crippen LogP contribution < -0.4 is 11.1 Å². The van der Waals surface area contributed by atoms with Crippen LogP contribution in [-0.4, -0.2) is 40.3 Å². The summed E-state index contributed by atoms with van der Waals surface area (Å²) >= 11 is 0. The molecule has 6 heteroatoms. The number of aliphatic hydroxyl groups is 1. The molecule has 0 spiro atoms. The quantitative estimate of drug-likeness (QED) is 0.460. The van der Waals surface area contributed by atoms with E-state index in [2.05, 4.69) is 5.32 Å². The number of nitrogens with two attached hydrogens (primary N) is 1. The second-order valence-electron chi connectivity index (χ2n) is 4.16. The van der Waals surface area contributed by atoms with E-state index in [-0.39, 0.29) is 25.3 Å². The summed E-state index contributed by atoms with van der Waals surface area (Å²) in [6, 6.07) is 0. The lowest BCUT2D eigenvalue weighted by Crippen LogP contribution is -2.40. The third-order valence-corrected chi connectivity index (χ3v) is 1.64. The van der Waals surface area contributed by atoms with Crippen molar-refractivity contribution in [3.05, 3.63) is 0 Å². The minimum absolute atomic E-state index is 0.00786. The second kappa shape index (κ2) is 5.67. The highest BCUT2D eigenvalue weighted by Gasteiger charge is 2.17. The van der Waals surface area contributed by atoms with Crippen molar-refractivity contribution >= 4 is 11.9 Å². The van der Waals surface area contributed by atoms with Gasteiger partial charge in [-0.1, -0.05) is 0 Å². The smallest absolute Gasteiger partial charge is 0.332 e. The highest BCUT2D eigenvalue weighted by molar-refractivity contribution is 5.77. The van der Waals surface area contributed by atoms with Gasteiger partial charge in [0.15, 0.2) is 6.10 Å². The molecule has 0 aliphatic rings. The minimum atomic E-state index is -1.43. The Bertz CT molecular complexity index is 235. The zero-order chi connectivity index (χ0) is 12.1. The number of carbonyl (C=O) groups excluding carboxylic acids is 1. The van der Waals surface area contributed by atoms with Gasteiger partial charge < -0.3 is 21.3 Å². The van der Waals surface area contributed by atoms with Gasteiger partial charge in [-0.15, -0.1) is 0 Å². The third kappa shape index (κ3) is 7.90. The molecule has 1 atom stereocenters. The van der Waals surface area contributed by atoms with Gasteiger partial charge in [0.25, 0.3) is 0 Å². The molecule has 0 heterocycles. The number of rotatable bonds is 6. The fourth-order valence-corrected chi connectivity index (χ4v) is 0.948. The lowest BCUT2D eigenvalue weighted by Gasteiger charge is -2.17. The highest BCUT2D eigenvalue weighted by Crippen LogP contribution is 2.02. The van der Waals surface area contributed by atoms with Gasteiger partial charge in [0.05, 0.1) is 0 Å². The predicted molar refractivity (Wildman–Crippen MR) is 54.2 cm³/mol. The van der Waals surface area contributed by atoms with Crippen LogP contribution in [0.2, 0.25) is 0 Å². The van der Waals surface area contributed by atoms with Crippen molar-refractivity contribution in [3.8, 4) is 0 Å². The fraction of sp³-hybridized carbons (Fsp3) is 0.778. The Morgan fingerprint density at radius 2 is 2.00 bits per heavy atom. The summed E-state index contributed by atoms with van der Waals surface area (Å²) in [4.78, 5) is 21.4. The fourth-order valence-electron chi connectivity index (χ4n) is 0.948. The molecule has 0 aromatic carbocycles. The maximum atomic E-state index is 11.2. The molecule has 0 radical (unpaired) electrons. The Morgan fingerprint density at radius 1 is 1.47 bits per heavy atom. The van der Waals surface area contributed by atoms with E-state index in [1.54, 1.807) is 13.8 Å². The van der Waals surface area contributed by atoms with E-state index in [9.17, 15) is 9.59 Å². The summed E-state index contributed by atoms with van der Waals surface area (Å²) < 4.78 is 0. The van der Waals surface area contributed by atoms with E-state index >= 15 is 0 Å². The monoisotopic (exact) mass is 218 g/mol. The van der Waals surface area contributed by atoms with Crippen LogP contribution in [0, 0.1) is 0 Å². The molecule has 0 aromatic rings. The molecule has 0 saturated heterocycles. The van der Waals surface area contributed by atoms with Crippen molar-refractivity contribution in [2.45, 2.75) is 38.3 Å². The summed E-state index contributed by atoms with van der Waals surface area (Å²) in [7, 11) is 0. The lowest BCUT2D eigenvalue weighted by molar-refractivity contribution is -0.147. The molecule has 0 rings (SSSR count). The molecule has 0 aliphatic carbocycles. The van der Waals surface area contributed by atoms with Crippen LogP contribution >= 0.6 is 0 Å². The Balaban J connectivity index is 3.69. The first-order valence-electron chi connectivity index (χ1n) is 4.69. The molecule has 0 saturated carbocycles. The number of hydrogen-bond acceptors (Lipinski definition) is 4. The third-order valence-electron chi connectivity index (χ3n) is 1.64. The van der Waals surface area contributed by atoms with Crippen LogP contribution in [0.25, 0.3) is 0 Å². The van der Waals surface area contributed by atoms with E-state index in [0.717, 1.165) is 0 Å². The molecule has 5 N–H and O–H groups in total. The Labute approximate surface area is 88.5 Å². The van der Waals surface area contributed by atoms with E-state index < -0.39 is 17.6 Å². The largest absolute Gasteiger partial charge is 0.479 e. The van der Waals surface area contributed by atoms with Crippen molar-refractivity contribution in [2.24, 2.45) is 5.73 Å². The van der Waals surface area contributed by atoms with Crippen molar-refractivity contribution in [1.29, 1.82) is 0 Å². The highest BCUT2D eigenvalue weighted by atomic mass is 16.4. The summed E-state index contributed by atoms with van der Waals surface area (Å²) in [5.41, 5.74) is 5.02. The van der Waals surface area contributed by atoms with E-state index in [0.29, 0.717) is 0 Å². The molecule has 15 heavy (non-hydrogen) atoms. The summed E-state index contributed by atoms with van der Waals surface area (Å²) in [5.74, 6) is -1.54. The molecule has 6 nitrogen and oxygen atoms in total. The first-order valence-corrected chi connectivity index (χ1v) is 4.69. The SMILES string of the molecule is CC(C)(N)CC(=O)NCCC(O)C(=O)O. The molecular weight excluding hydrogens is 200 g/mol. The van der Waals surface area contributed by atoms with Gasteiger partial charge in [0.2, 0.25) is 5.91 Å². The molecule has 0 aliphatic heterocycles. The van der Waals surface area contributed by atoms with E-state index in [4.69, 9.17) is 15.9 Å². The maximum Gasteiger partial charge on any atom is 0.332 e. The van der Waals surface area contributed by atoms with Gasteiger partial charge in [-0.05, 0) is 13.8 Å². The summed E-state index contributed by atoms with van der Waals surface area (Å²) in [6.07, 6.45) is -1.28. The minimum Gasteiger partial charge on any atom is -0.479 e. The van der Waals surface area contributed by atoms with Gasteiger partial charge in [0, 0.05) is 24.9 Å². The zero-order valence-electron chi connectivity index (χ0n) is 8.99. The number of aliphatic hydroxyl groups excluding tert-OH is 1. The Kier molecular flexibility index (Phi) is 5.24. The maximum absolute atomic E-state index is 11.2. The second-order valence-corrected chi connectivity index (χ2v) is 4.16. The number of aliphatic carboxylic acids is 1. The van der Waals surface area contributed by atoms with Crippen molar-refractivity contribution < 1.29 is 19.8 Å². The van der Waals surface area contributed by atoms with E-state index in [1.807, 2.05) is 0 Å². The number of carbonyl (C=O) groups is 2. The van der Waals surface area contributed by atoms with Crippen LogP contribution in [0.3, 0.4) is 0 Å². The van der Waals surface area contributed by atoms with Gasteiger partial charge in [-0.2, -0.15) is 0 Å². The number of amides is 1. The first-order chi connectivity index (χ1) is 6.72. The zero-order valence-corrected chi connectivity index (χ0v) is 8.99. The molecule has 88 valence electrons. The number of hydrogen-bond donors (Lipinski definition) is 4. The lowest BCUT2D eigenvalue weighted by atomic mass is 10.0. The van der Waals surface area contributed by atoms with Crippen LogP contribution in [0.15, 0.2) is 0 Å². The molecule has 1 unspecified atom stereocenters. The van der Waals surface area contributed by atoms with Crippen LogP contribution in [0.5, 0.6) is 0 Å². The molecule has 0 fully saturated rings. The van der Waals surface area contributed by atoms with Gasteiger partial charge >= 0.3 is 5.97 Å². The number of carboxylic acids is 1. The topological polar surface area (TPSA) is 113 Å². The number of nitrogens with one attached hydrogen (secondary N) is 1.